The van der Waals surface area contributed by atoms with E-state index in [0.29, 0.717) is 41.2 Å². The number of esters is 2. The van der Waals surface area contributed by atoms with Crippen LogP contribution in [0, 0.1) is 0 Å². The largest absolute Gasteiger partial charge is 0.496 e. The van der Waals surface area contributed by atoms with Crippen LogP contribution >= 0.6 is 0 Å². The molecule has 0 aliphatic carbocycles. The fourth-order valence-corrected chi connectivity index (χ4v) is 4.83. The van der Waals surface area contributed by atoms with E-state index in [0.717, 1.165) is 5.56 Å². The predicted octanol–water partition coefficient (Wildman–Crippen LogP) is 2.11. The lowest BCUT2D eigenvalue weighted by Gasteiger charge is -2.38. The van der Waals surface area contributed by atoms with Gasteiger partial charge in [0, 0.05) is 12.8 Å². The highest BCUT2D eigenvalue weighted by Crippen LogP contribution is 2.57. The van der Waals surface area contributed by atoms with Crippen LogP contribution in [0.4, 0.5) is 0 Å². The first kappa shape index (κ1) is 22.1. The number of ether oxygens (including phenoxy) is 7. The lowest BCUT2D eigenvalue weighted by atomic mass is 9.88. The van der Waals surface area contributed by atoms with E-state index in [-0.39, 0.29) is 23.5 Å². The Morgan fingerprint density at radius 3 is 2.41 bits per heavy atom. The molecule has 2 aromatic carbocycles. The van der Waals surface area contributed by atoms with Crippen molar-refractivity contribution in [2.24, 2.45) is 0 Å². The van der Waals surface area contributed by atoms with E-state index in [4.69, 9.17) is 33.2 Å². The fraction of sp³-hybridized carbons (Fsp3) is 0.417. The van der Waals surface area contributed by atoms with Crippen LogP contribution < -0.4 is 23.7 Å². The Hall–Kier alpha value is -3.66. The van der Waals surface area contributed by atoms with Gasteiger partial charge in [-0.25, -0.2) is 9.59 Å². The van der Waals surface area contributed by atoms with Crippen molar-refractivity contribution in [2.75, 3.05) is 28.4 Å². The van der Waals surface area contributed by atoms with Crippen molar-refractivity contribution in [2.45, 2.75) is 37.3 Å². The minimum Gasteiger partial charge on any atom is -0.496 e. The summed E-state index contributed by atoms with van der Waals surface area (Å²) < 4.78 is 38.9. The van der Waals surface area contributed by atoms with Crippen molar-refractivity contribution in [1.82, 2.24) is 0 Å². The number of hydrogen-bond donors (Lipinski definition) is 1. The summed E-state index contributed by atoms with van der Waals surface area (Å²) in [7, 11) is 5.65. The summed E-state index contributed by atoms with van der Waals surface area (Å²) in [6, 6.07) is 5.17. The van der Waals surface area contributed by atoms with Crippen molar-refractivity contribution in [3.8, 4) is 28.7 Å². The second-order valence-corrected chi connectivity index (χ2v) is 8.18. The van der Waals surface area contributed by atoms with Crippen molar-refractivity contribution in [3.63, 3.8) is 0 Å². The van der Waals surface area contributed by atoms with Gasteiger partial charge in [-0.1, -0.05) is 6.07 Å². The Balaban J connectivity index is 1.57. The predicted molar refractivity (Wildman–Crippen MR) is 115 cm³/mol. The molecule has 0 amide bonds. The molecule has 34 heavy (non-hydrogen) atoms. The van der Waals surface area contributed by atoms with Crippen molar-refractivity contribution < 1.29 is 47.9 Å². The van der Waals surface area contributed by atoms with Crippen LogP contribution in [0.5, 0.6) is 28.7 Å². The van der Waals surface area contributed by atoms with Crippen LogP contribution in [0.1, 0.15) is 39.6 Å². The summed E-state index contributed by atoms with van der Waals surface area (Å²) in [5, 5.41) is 11.3. The first-order chi connectivity index (χ1) is 16.4. The quantitative estimate of drug-likeness (QED) is 0.663. The third-order valence-electron chi connectivity index (χ3n) is 6.46. The molecule has 3 aliphatic rings. The van der Waals surface area contributed by atoms with Crippen LogP contribution in [0.25, 0.3) is 0 Å². The van der Waals surface area contributed by atoms with Crippen LogP contribution in [0.2, 0.25) is 0 Å². The number of aliphatic hydroxyl groups is 1. The fourth-order valence-electron chi connectivity index (χ4n) is 4.83. The van der Waals surface area contributed by atoms with Crippen LogP contribution in [0.3, 0.4) is 0 Å². The number of aryl methyl sites for hydroxylation is 1. The normalized spacial score (nSPS) is 24.1. The zero-order valence-corrected chi connectivity index (χ0v) is 19.1. The molecule has 3 heterocycles. The second kappa shape index (κ2) is 7.98. The highest BCUT2D eigenvalue weighted by molar-refractivity contribution is 5.98. The average Bonchev–Trinajstić information content (AvgIpc) is 3.13. The molecule has 0 saturated carbocycles. The number of benzene rings is 2. The lowest BCUT2D eigenvalue weighted by Crippen LogP contribution is -2.47. The Morgan fingerprint density at radius 1 is 1.03 bits per heavy atom. The van der Waals surface area contributed by atoms with Gasteiger partial charge in [0.15, 0.2) is 29.1 Å². The van der Waals surface area contributed by atoms with E-state index in [1.165, 1.54) is 28.4 Å². The zero-order chi connectivity index (χ0) is 24.2. The minimum absolute atomic E-state index is 0.154. The number of cyclic esters (lactones) is 1. The molecule has 3 atom stereocenters. The first-order valence-corrected chi connectivity index (χ1v) is 10.7. The molecule has 2 aromatic rings. The van der Waals surface area contributed by atoms with Crippen molar-refractivity contribution >= 4 is 11.9 Å². The molecule has 0 fully saturated rings. The molecule has 0 bridgehead atoms. The van der Waals surface area contributed by atoms with Gasteiger partial charge in [0.05, 0.1) is 34.0 Å². The summed E-state index contributed by atoms with van der Waals surface area (Å²) in [6.07, 6.45) is -1.32. The molecule has 10 nitrogen and oxygen atoms in total. The Labute approximate surface area is 195 Å². The number of carbonyl (C=O) groups excluding carboxylic acids is 2. The smallest absolute Gasteiger partial charge is 0.347 e. The van der Waals surface area contributed by atoms with Gasteiger partial charge in [-0.15, -0.1) is 0 Å². The van der Waals surface area contributed by atoms with E-state index in [9.17, 15) is 14.7 Å². The molecule has 0 saturated heterocycles. The van der Waals surface area contributed by atoms with E-state index in [1.54, 1.807) is 18.2 Å². The topological polar surface area (TPSA) is 119 Å². The third-order valence-corrected chi connectivity index (χ3v) is 6.46. The Morgan fingerprint density at radius 2 is 1.74 bits per heavy atom. The highest BCUT2D eigenvalue weighted by Gasteiger charge is 2.55. The molecule has 1 N–H and O–H groups in total. The standard InChI is InChI=1S/C24H24O10/c1-28-13-5-6-14(29-2)19-17(13)21(25)24(34-19)8-7-11-9-12-10-15(22(26)31-4)32-23(27)16(12)20(30-3)18(11)33-24/h5-6,9,15,21,25H,7-8,10H2,1-4H3/t15?,21-,24-/m1/s1. The van der Waals surface area contributed by atoms with Crippen LogP contribution in [0.15, 0.2) is 18.2 Å². The summed E-state index contributed by atoms with van der Waals surface area (Å²) >= 11 is 0. The van der Waals surface area contributed by atoms with E-state index < -0.39 is 29.9 Å². The summed E-state index contributed by atoms with van der Waals surface area (Å²) in [5.74, 6) is -1.22. The van der Waals surface area contributed by atoms with Gasteiger partial charge >= 0.3 is 11.9 Å². The van der Waals surface area contributed by atoms with Gasteiger partial charge in [-0.2, -0.15) is 0 Å². The van der Waals surface area contributed by atoms with Gasteiger partial charge in [0.1, 0.15) is 11.3 Å². The number of fused-ring (bicyclic) bond motifs is 3. The Bertz CT molecular complexity index is 1190. The van der Waals surface area contributed by atoms with Gasteiger partial charge < -0.3 is 38.3 Å². The maximum Gasteiger partial charge on any atom is 0.347 e. The van der Waals surface area contributed by atoms with Gasteiger partial charge in [0.2, 0.25) is 6.10 Å². The van der Waals surface area contributed by atoms with Crippen molar-refractivity contribution in [1.29, 1.82) is 0 Å². The maximum absolute atomic E-state index is 12.8. The van der Waals surface area contributed by atoms with Gasteiger partial charge in [-0.05, 0) is 29.7 Å². The number of rotatable bonds is 4. The summed E-state index contributed by atoms with van der Waals surface area (Å²) in [6.45, 7) is 0. The molecule has 10 heteroatoms. The molecule has 3 aliphatic heterocycles. The molecule has 180 valence electrons. The maximum atomic E-state index is 12.8. The average molecular weight is 472 g/mol. The van der Waals surface area contributed by atoms with Crippen LogP contribution in [-0.2, 0) is 27.1 Å². The van der Waals surface area contributed by atoms with Gasteiger partial charge in [-0.3, -0.25) is 0 Å². The highest BCUT2D eigenvalue weighted by atomic mass is 16.7. The third kappa shape index (κ3) is 3.05. The minimum atomic E-state index is -1.48. The SMILES string of the molecule is COC(=O)C1Cc2cc3c(c(OC)c2C(=O)O1)O[C@]1(CC3)Oc2c(OC)ccc(OC)c2[C@H]1O. The number of hydrogen-bond acceptors (Lipinski definition) is 10. The first-order valence-electron chi connectivity index (χ1n) is 10.7. The molecule has 5 rings (SSSR count). The molecular formula is C24H24O10. The molecule has 0 aromatic heterocycles. The molecular weight excluding hydrogens is 448 g/mol. The summed E-state index contributed by atoms with van der Waals surface area (Å²) in [5.41, 5.74) is 1.94. The Kier molecular flexibility index (Phi) is 5.20. The van der Waals surface area contributed by atoms with Crippen LogP contribution in [-0.4, -0.2) is 57.4 Å². The number of methoxy groups -OCH3 is 4. The van der Waals surface area contributed by atoms with E-state index in [1.807, 2.05) is 0 Å². The molecule has 1 spiro atoms. The molecule has 1 unspecified atom stereocenters. The summed E-state index contributed by atoms with van der Waals surface area (Å²) in [4.78, 5) is 24.8. The van der Waals surface area contributed by atoms with E-state index >= 15 is 0 Å². The van der Waals surface area contributed by atoms with Crippen molar-refractivity contribution in [3.05, 3.63) is 40.5 Å². The van der Waals surface area contributed by atoms with Gasteiger partial charge in [0.25, 0.3) is 5.79 Å². The monoisotopic (exact) mass is 472 g/mol. The zero-order valence-electron chi connectivity index (χ0n) is 19.1. The number of carbonyl (C=O) groups is 2. The van der Waals surface area contributed by atoms with E-state index in [2.05, 4.69) is 0 Å². The molecule has 0 radical (unpaired) electrons. The lowest BCUT2D eigenvalue weighted by molar-refractivity contribution is -0.180. The second-order valence-electron chi connectivity index (χ2n) is 8.18. The number of aliphatic hydroxyl groups excluding tert-OH is 1.